The largest absolute Gasteiger partial charge is 0.486 e. The van der Waals surface area contributed by atoms with E-state index in [4.69, 9.17) is 9.47 Å². The Morgan fingerprint density at radius 2 is 1.80 bits per heavy atom. The summed E-state index contributed by atoms with van der Waals surface area (Å²) < 4.78 is 24.0. The minimum absolute atomic E-state index is 0.0887. The third kappa shape index (κ3) is 4.45. The predicted molar refractivity (Wildman–Crippen MR) is 95.7 cm³/mol. The molecule has 0 bridgehead atoms. The van der Waals surface area contributed by atoms with E-state index in [0.29, 0.717) is 19.0 Å². The molecule has 0 fully saturated rings. The number of ether oxygens (including phenoxy) is 2. The Hall–Kier alpha value is -2.21. The molecule has 2 aromatic rings. The number of carbonyl (C=O) groups excluding carboxylic acids is 1. The van der Waals surface area contributed by atoms with Gasteiger partial charge < -0.3 is 14.8 Å². The molecule has 0 saturated heterocycles. The summed E-state index contributed by atoms with van der Waals surface area (Å²) in [6.45, 7) is 4.96. The van der Waals surface area contributed by atoms with Crippen LogP contribution in [0.15, 0.2) is 47.4 Å². The molecule has 0 atom stereocenters. The number of nitrogens with one attached hydrogen (secondary N) is 1. The molecule has 4 nitrogen and oxygen atoms in total. The highest BCUT2D eigenvalue weighted by Gasteiger charge is 2.25. The van der Waals surface area contributed by atoms with E-state index in [0.717, 1.165) is 16.2 Å². The van der Waals surface area contributed by atoms with E-state index in [-0.39, 0.29) is 17.5 Å². The van der Waals surface area contributed by atoms with Crippen LogP contribution in [0, 0.1) is 5.82 Å². The molecule has 6 heteroatoms. The molecule has 2 aromatic carbocycles. The number of carbonyl (C=O) groups is 1. The SMILES string of the molecule is CC(C)(NC(=O)CSc1ccc(F)cc1)c1ccc2c(c1)OCCO2. The number of hydrogen-bond acceptors (Lipinski definition) is 4. The summed E-state index contributed by atoms with van der Waals surface area (Å²) in [7, 11) is 0. The number of thioether (sulfide) groups is 1. The van der Waals surface area contributed by atoms with Crippen LogP contribution in [-0.4, -0.2) is 24.9 Å². The van der Waals surface area contributed by atoms with E-state index < -0.39 is 5.54 Å². The number of hydrogen-bond donors (Lipinski definition) is 1. The van der Waals surface area contributed by atoms with E-state index in [9.17, 15) is 9.18 Å². The standard InChI is InChI=1S/C19H20FNO3S/c1-19(2,13-3-8-16-17(11-13)24-10-9-23-16)21-18(22)12-25-15-6-4-14(20)5-7-15/h3-8,11H,9-10,12H2,1-2H3,(H,21,22). The van der Waals surface area contributed by atoms with Crippen molar-refractivity contribution in [2.45, 2.75) is 24.3 Å². The second kappa shape index (κ2) is 7.35. The minimum atomic E-state index is -0.545. The summed E-state index contributed by atoms with van der Waals surface area (Å²) in [5.74, 6) is 1.32. The Bertz CT molecular complexity index is 762. The normalized spacial score (nSPS) is 13.4. The van der Waals surface area contributed by atoms with Crippen molar-refractivity contribution in [1.82, 2.24) is 5.32 Å². The minimum Gasteiger partial charge on any atom is -0.486 e. The molecule has 1 amide bonds. The van der Waals surface area contributed by atoms with Gasteiger partial charge in [-0.05, 0) is 55.8 Å². The van der Waals surface area contributed by atoms with Gasteiger partial charge in [-0.3, -0.25) is 4.79 Å². The van der Waals surface area contributed by atoms with Crippen LogP contribution in [0.2, 0.25) is 0 Å². The Labute approximate surface area is 150 Å². The van der Waals surface area contributed by atoms with E-state index >= 15 is 0 Å². The van der Waals surface area contributed by atoms with Crippen LogP contribution in [-0.2, 0) is 10.3 Å². The van der Waals surface area contributed by atoms with Crippen molar-refractivity contribution in [3.63, 3.8) is 0 Å². The average molecular weight is 361 g/mol. The Morgan fingerprint density at radius 3 is 2.52 bits per heavy atom. The molecule has 1 N–H and O–H groups in total. The lowest BCUT2D eigenvalue weighted by molar-refractivity contribution is -0.120. The van der Waals surface area contributed by atoms with Gasteiger partial charge in [0.05, 0.1) is 11.3 Å². The Morgan fingerprint density at radius 1 is 1.12 bits per heavy atom. The monoisotopic (exact) mass is 361 g/mol. The van der Waals surface area contributed by atoms with Gasteiger partial charge in [-0.1, -0.05) is 6.07 Å². The fraction of sp³-hybridized carbons (Fsp3) is 0.316. The molecule has 3 rings (SSSR count). The maximum Gasteiger partial charge on any atom is 0.231 e. The predicted octanol–water partition coefficient (Wildman–Crippen LogP) is 3.74. The molecule has 0 spiro atoms. The average Bonchev–Trinajstić information content (AvgIpc) is 2.60. The lowest BCUT2D eigenvalue weighted by Gasteiger charge is -2.28. The molecular formula is C19H20FNO3S. The van der Waals surface area contributed by atoms with Crippen molar-refractivity contribution < 1.29 is 18.7 Å². The first-order valence-corrected chi connectivity index (χ1v) is 9.02. The molecule has 0 aromatic heterocycles. The summed E-state index contributed by atoms with van der Waals surface area (Å²) in [4.78, 5) is 13.2. The van der Waals surface area contributed by atoms with Crippen LogP contribution in [0.3, 0.4) is 0 Å². The number of halogens is 1. The second-order valence-electron chi connectivity index (χ2n) is 6.27. The number of benzene rings is 2. The zero-order valence-corrected chi connectivity index (χ0v) is 15.0. The summed E-state index contributed by atoms with van der Waals surface area (Å²) in [6, 6.07) is 11.8. The first-order valence-electron chi connectivity index (χ1n) is 8.03. The van der Waals surface area contributed by atoms with Gasteiger partial charge in [0.25, 0.3) is 0 Å². The summed E-state index contributed by atoms with van der Waals surface area (Å²) in [6.07, 6.45) is 0. The van der Waals surface area contributed by atoms with Gasteiger partial charge in [0.15, 0.2) is 11.5 Å². The van der Waals surface area contributed by atoms with Gasteiger partial charge in [0.2, 0.25) is 5.91 Å². The first-order chi connectivity index (χ1) is 11.9. The van der Waals surface area contributed by atoms with Crippen LogP contribution in [0.4, 0.5) is 4.39 Å². The highest BCUT2D eigenvalue weighted by Crippen LogP contribution is 2.34. The van der Waals surface area contributed by atoms with Crippen molar-refractivity contribution >= 4 is 17.7 Å². The highest BCUT2D eigenvalue weighted by atomic mass is 32.2. The zero-order chi connectivity index (χ0) is 17.9. The van der Waals surface area contributed by atoms with Crippen molar-refractivity contribution in [1.29, 1.82) is 0 Å². The zero-order valence-electron chi connectivity index (χ0n) is 14.2. The third-order valence-electron chi connectivity index (χ3n) is 3.90. The van der Waals surface area contributed by atoms with Crippen molar-refractivity contribution in [2.75, 3.05) is 19.0 Å². The van der Waals surface area contributed by atoms with Gasteiger partial charge in [-0.25, -0.2) is 4.39 Å². The van der Waals surface area contributed by atoms with Gasteiger partial charge in [-0.2, -0.15) is 0 Å². The number of amides is 1. The molecule has 25 heavy (non-hydrogen) atoms. The number of fused-ring (bicyclic) bond motifs is 1. The van der Waals surface area contributed by atoms with Crippen molar-refractivity contribution in [3.8, 4) is 11.5 Å². The van der Waals surface area contributed by atoms with Gasteiger partial charge in [0, 0.05) is 4.90 Å². The summed E-state index contributed by atoms with van der Waals surface area (Å²) in [5, 5.41) is 3.03. The molecule has 0 saturated carbocycles. The molecular weight excluding hydrogens is 341 g/mol. The smallest absolute Gasteiger partial charge is 0.231 e. The lowest BCUT2D eigenvalue weighted by Crippen LogP contribution is -2.42. The van der Waals surface area contributed by atoms with E-state index in [2.05, 4.69) is 5.32 Å². The van der Waals surface area contributed by atoms with E-state index in [1.165, 1.54) is 23.9 Å². The quantitative estimate of drug-likeness (QED) is 0.824. The molecule has 0 radical (unpaired) electrons. The van der Waals surface area contributed by atoms with Crippen LogP contribution in [0.25, 0.3) is 0 Å². The summed E-state index contributed by atoms with van der Waals surface area (Å²) >= 11 is 1.37. The maximum absolute atomic E-state index is 12.9. The molecule has 1 aliphatic heterocycles. The fourth-order valence-electron chi connectivity index (χ4n) is 2.57. The van der Waals surface area contributed by atoms with Crippen LogP contribution < -0.4 is 14.8 Å². The van der Waals surface area contributed by atoms with Crippen molar-refractivity contribution in [2.24, 2.45) is 0 Å². The molecule has 1 heterocycles. The van der Waals surface area contributed by atoms with Crippen molar-refractivity contribution in [3.05, 3.63) is 53.8 Å². The van der Waals surface area contributed by atoms with E-state index in [1.807, 2.05) is 32.0 Å². The highest BCUT2D eigenvalue weighted by molar-refractivity contribution is 8.00. The van der Waals surface area contributed by atoms with Gasteiger partial charge in [-0.15, -0.1) is 11.8 Å². The fourth-order valence-corrected chi connectivity index (χ4v) is 3.27. The molecule has 0 unspecified atom stereocenters. The van der Waals surface area contributed by atoms with Crippen LogP contribution in [0.5, 0.6) is 11.5 Å². The molecule has 1 aliphatic rings. The van der Waals surface area contributed by atoms with Gasteiger partial charge >= 0.3 is 0 Å². The lowest BCUT2D eigenvalue weighted by atomic mass is 9.93. The third-order valence-corrected chi connectivity index (χ3v) is 4.91. The summed E-state index contributed by atoms with van der Waals surface area (Å²) in [5.41, 5.74) is 0.396. The van der Waals surface area contributed by atoms with Crippen LogP contribution >= 0.6 is 11.8 Å². The molecule has 0 aliphatic carbocycles. The molecule has 132 valence electrons. The van der Waals surface area contributed by atoms with E-state index in [1.54, 1.807) is 12.1 Å². The topological polar surface area (TPSA) is 47.6 Å². The first kappa shape index (κ1) is 17.6. The van der Waals surface area contributed by atoms with Gasteiger partial charge in [0.1, 0.15) is 19.0 Å². The van der Waals surface area contributed by atoms with Crippen LogP contribution in [0.1, 0.15) is 19.4 Å². The second-order valence-corrected chi connectivity index (χ2v) is 7.32. The Balaban J connectivity index is 1.62. The maximum atomic E-state index is 12.9. The number of rotatable bonds is 5. The Kier molecular flexibility index (Phi) is 5.18.